The predicted octanol–water partition coefficient (Wildman–Crippen LogP) is 0.307. The van der Waals surface area contributed by atoms with Gasteiger partial charge in [0, 0.05) is 5.56 Å². The number of rotatable bonds is 6. The van der Waals surface area contributed by atoms with Gasteiger partial charge in [-0.25, -0.2) is 0 Å². The van der Waals surface area contributed by atoms with Gasteiger partial charge in [0.1, 0.15) is 12.6 Å². The number of hydrogen-bond acceptors (Lipinski definition) is 4. The number of carbonyl (C=O) groups is 1. The molecule has 0 spiro atoms. The van der Waals surface area contributed by atoms with Crippen LogP contribution in [0.2, 0.25) is 0 Å². The van der Waals surface area contributed by atoms with Crippen molar-refractivity contribution in [1.29, 1.82) is 0 Å². The number of hydrogen-bond donors (Lipinski definition) is 1. The van der Waals surface area contributed by atoms with Crippen molar-refractivity contribution >= 4 is 5.97 Å². The number of ether oxygens (including phenoxy) is 2. The zero-order chi connectivity index (χ0) is 15.2. The largest absolute Gasteiger partial charge is 0.544 e. The molecular formula is C16H17NO4. The van der Waals surface area contributed by atoms with Gasteiger partial charge in [0.15, 0.2) is 17.5 Å². The van der Waals surface area contributed by atoms with Crippen molar-refractivity contribution < 1.29 is 25.1 Å². The molecule has 2 aromatic carbocycles. The monoisotopic (exact) mass is 287 g/mol. The Morgan fingerprint density at radius 1 is 1.19 bits per heavy atom. The Morgan fingerprint density at radius 3 is 2.52 bits per heavy atom. The van der Waals surface area contributed by atoms with Crippen molar-refractivity contribution in [1.82, 2.24) is 0 Å². The third-order valence-electron chi connectivity index (χ3n) is 3.11. The highest BCUT2D eigenvalue weighted by atomic mass is 16.5. The van der Waals surface area contributed by atoms with E-state index in [0.717, 1.165) is 5.56 Å². The highest BCUT2D eigenvalue weighted by Gasteiger charge is 2.14. The van der Waals surface area contributed by atoms with Crippen molar-refractivity contribution in [3.05, 3.63) is 59.7 Å². The van der Waals surface area contributed by atoms with Gasteiger partial charge < -0.3 is 25.1 Å². The smallest absolute Gasteiger partial charge is 0.161 e. The molecule has 0 fully saturated rings. The molecule has 0 bridgehead atoms. The molecular weight excluding hydrogens is 270 g/mol. The normalized spacial score (nSPS) is 11.7. The van der Waals surface area contributed by atoms with Crippen LogP contribution in [0.3, 0.4) is 0 Å². The molecule has 0 saturated carbocycles. The van der Waals surface area contributed by atoms with Crippen molar-refractivity contribution in [2.45, 2.75) is 12.6 Å². The summed E-state index contributed by atoms with van der Waals surface area (Å²) in [5.41, 5.74) is 5.10. The van der Waals surface area contributed by atoms with Crippen molar-refractivity contribution in [3.8, 4) is 11.5 Å². The van der Waals surface area contributed by atoms with Crippen LogP contribution in [0.15, 0.2) is 48.5 Å². The lowest BCUT2D eigenvalue weighted by atomic mass is 10.1. The second-order valence-corrected chi connectivity index (χ2v) is 4.56. The minimum Gasteiger partial charge on any atom is -0.544 e. The number of aliphatic carboxylic acids is 1. The molecule has 0 saturated heterocycles. The Kier molecular flexibility index (Phi) is 4.79. The summed E-state index contributed by atoms with van der Waals surface area (Å²) < 4.78 is 10.9. The molecule has 0 aromatic heterocycles. The Labute approximate surface area is 122 Å². The molecule has 0 amide bonds. The SMILES string of the molecule is COc1cc([C@H]([NH3+])C(=O)[O-])ccc1OCc1ccccc1. The first-order valence-corrected chi connectivity index (χ1v) is 6.50. The van der Waals surface area contributed by atoms with Crippen LogP contribution >= 0.6 is 0 Å². The van der Waals surface area contributed by atoms with E-state index in [4.69, 9.17) is 9.47 Å². The average Bonchev–Trinajstić information content (AvgIpc) is 2.53. The molecule has 5 heteroatoms. The fourth-order valence-corrected chi connectivity index (χ4v) is 1.89. The van der Waals surface area contributed by atoms with Crippen LogP contribution in [0.25, 0.3) is 0 Å². The van der Waals surface area contributed by atoms with Gasteiger partial charge in [-0.2, -0.15) is 0 Å². The summed E-state index contributed by atoms with van der Waals surface area (Å²) in [6, 6.07) is 13.7. The molecule has 0 aliphatic heterocycles. The van der Waals surface area contributed by atoms with Crippen LogP contribution in [-0.2, 0) is 11.4 Å². The van der Waals surface area contributed by atoms with Gasteiger partial charge >= 0.3 is 0 Å². The van der Waals surface area contributed by atoms with Gasteiger partial charge in [-0.05, 0) is 23.8 Å². The summed E-state index contributed by atoms with van der Waals surface area (Å²) in [4.78, 5) is 10.8. The Bertz CT molecular complexity index is 613. The second-order valence-electron chi connectivity index (χ2n) is 4.56. The van der Waals surface area contributed by atoms with Crippen molar-refractivity contribution in [2.75, 3.05) is 7.11 Å². The van der Waals surface area contributed by atoms with Gasteiger partial charge in [0.05, 0.1) is 7.11 Å². The van der Waals surface area contributed by atoms with E-state index in [0.29, 0.717) is 23.7 Å². The van der Waals surface area contributed by atoms with E-state index in [1.54, 1.807) is 18.2 Å². The summed E-state index contributed by atoms with van der Waals surface area (Å²) >= 11 is 0. The first-order valence-electron chi connectivity index (χ1n) is 6.50. The van der Waals surface area contributed by atoms with Crippen LogP contribution < -0.4 is 20.3 Å². The average molecular weight is 287 g/mol. The summed E-state index contributed by atoms with van der Waals surface area (Å²) in [7, 11) is 1.51. The molecule has 2 rings (SSSR count). The quantitative estimate of drug-likeness (QED) is 0.828. The third-order valence-corrected chi connectivity index (χ3v) is 3.11. The molecule has 0 radical (unpaired) electrons. The van der Waals surface area contributed by atoms with Gasteiger partial charge in [-0.1, -0.05) is 30.3 Å². The van der Waals surface area contributed by atoms with Gasteiger partial charge in [0.25, 0.3) is 0 Å². The summed E-state index contributed by atoms with van der Waals surface area (Å²) in [5, 5.41) is 10.8. The van der Waals surface area contributed by atoms with E-state index < -0.39 is 12.0 Å². The van der Waals surface area contributed by atoms with E-state index >= 15 is 0 Å². The van der Waals surface area contributed by atoms with Gasteiger partial charge in [-0.15, -0.1) is 0 Å². The summed E-state index contributed by atoms with van der Waals surface area (Å²) in [5.74, 6) is -0.205. The Balaban J connectivity index is 2.15. The Hall–Kier alpha value is -2.53. The minimum atomic E-state index is -1.23. The number of quaternary nitrogens is 1. The third kappa shape index (κ3) is 3.73. The maximum atomic E-state index is 10.8. The highest BCUT2D eigenvalue weighted by molar-refractivity contribution is 5.72. The summed E-state index contributed by atoms with van der Waals surface area (Å²) in [6.45, 7) is 0.408. The maximum Gasteiger partial charge on any atom is 0.161 e. The van der Waals surface area contributed by atoms with Crippen LogP contribution in [0.5, 0.6) is 11.5 Å². The van der Waals surface area contributed by atoms with Gasteiger partial charge in [-0.3, -0.25) is 0 Å². The van der Waals surface area contributed by atoms with Crippen molar-refractivity contribution in [2.24, 2.45) is 0 Å². The minimum absolute atomic E-state index is 0.408. The predicted molar refractivity (Wildman–Crippen MR) is 74.4 cm³/mol. The summed E-state index contributed by atoms with van der Waals surface area (Å²) in [6.07, 6.45) is 0. The Morgan fingerprint density at radius 2 is 1.90 bits per heavy atom. The van der Waals surface area contributed by atoms with Crippen LogP contribution in [-0.4, -0.2) is 13.1 Å². The molecule has 0 aliphatic carbocycles. The molecule has 5 nitrogen and oxygen atoms in total. The topological polar surface area (TPSA) is 86.2 Å². The number of benzene rings is 2. The molecule has 0 heterocycles. The zero-order valence-corrected chi connectivity index (χ0v) is 11.7. The van der Waals surface area contributed by atoms with Crippen LogP contribution in [0.1, 0.15) is 17.2 Å². The molecule has 21 heavy (non-hydrogen) atoms. The highest BCUT2D eigenvalue weighted by Crippen LogP contribution is 2.30. The standard InChI is InChI=1S/C16H17NO4/c1-20-14-9-12(15(17)16(18)19)7-8-13(14)21-10-11-5-3-2-4-6-11/h2-9,15H,10,17H2,1H3,(H,18,19)/t15-/m0/s1. The van der Waals surface area contributed by atoms with Gasteiger partial charge in [0.2, 0.25) is 0 Å². The number of carboxylic acids is 1. The molecule has 3 N–H and O–H groups in total. The first kappa shape index (κ1) is 14.9. The van der Waals surface area contributed by atoms with E-state index in [1.807, 2.05) is 30.3 Å². The molecule has 110 valence electrons. The number of methoxy groups -OCH3 is 1. The lowest BCUT2D eigenvalue weighted by Gasteiger charge is -2.14. The van der Waals surface area contributed by atoms with E-state index in [9.17, 15) is 9.90 Å². The molecule has 0 unspecified atom stereocenters. The van der Waals surface area contributed by atoms with E-state index in [-0.39, 0.29) is 0 Å². The molecule has 1 atom stereocenters. The number of carboxylic acid groups (broad SMARTS) is 1. The molecule has 0 aliphatic rings. The van der Waals surface area contributed by atoms with E-state index in [2.05, 4.69) is 5.73 Å². The lowest BCUT2D eigenvalue weighted by Crippen LogP contribution is -2.61. The molecule has 2 aromatic rings. The van der Waals surface area contributed by atoms with Crippen molar-refractivity contribution in [3.63, 3.8) is 0 Å². The van der Waals surface area contributed by atoms with Crippen LogP contribution in [0, 0.1) is 0 Å². The zero-order valence-electron chi connectivity index (χ0n) is 11.7. The van der Waals surface area contributed by atoms with E-state index in [1.165, 1.54) is 7.11 Å². The fraction of sp³-hybridized carbons (Fsp3) is 0.188. The fourth-order valence-electron chi connectivity index (χ4n) is 1.89. The number of carbonyl (C=O) groups excluding carboxylic acids is 1. The lowest BCUT2D eigenvalue weighted by molar-refractivity contribution is -0.443. The second kappa shape index (κ2) is 6.76. The maximum absolute atomic E-state index is 10.8. The first-order chi connectivity index (χ1) is 10.1. The van der Waals surface area contributed by atoms with Crippen LogP contribution in [0.4, 0.5) is 0 Å².